The molecule has 0 aliphatic carbocycles. The van der Waals surface area contributed by atoms with Gasteiger partial charge < -0.3 is 19.5 Å². The minimum absolute atomic E-state index is 0.0875. The van der Waals surface area contributed by atoms with Gasteiger partial charge in [0.1, 0.15) is 26.1 Å². The number of rotatable bonds is 5. The molecule has 0 saturated heterocycles. The summed E-state index contributed by atoms with van der Waals surface area (Å²) in [7, 11) is 0. The van der Waals surface area contributed by atoms with Gasteiger partial charge >= 0.3 is 5.97 Å². The van der Waals surface area contributed by atoms with Gasteiger partial charge in [0.15, 0.2) is 5.13 Å². The van der Waals surface area contributed by atoms with E-state index in [1.807, 2.05) is 36.6 Å². The first-order chi connectivity index (χ1) is 11.2. The Labute approximate surface area is 137 Å². The zero-order valence-electron chi connectivity index (χ0n) is 12.6. The lowest BCUT2D eigenvalue weighted by Crippen LogP contribution is -2.17. The maximum Gasteiger partial charge on any atom is 0.377 e. The number of aryl methyl sites for hydroxylation is 1. The summed E-state index contributed by atoms with van der Waals surface area (Å²) in [6.45, 7) is 2.92. The summed E-state index contributed by atoms with van der Waals surface area (Å²) in [6.07, 6.45) is 1.28. The maximum absolute atomic E-state index is 11.8. The van der Waals surface area contributed by atoms with Crippen molar-refractivity contribution in [3.63, 3.8) is 0 Å². The van der Waals surface area contributed by atoms with Crippen LogP contribution >= 0.6 is 11.3 Å². The third kappa shape index (κ3) is 4.23. The molecule has 0 saturated carbocycles. The summed E-state index contributed by atoms with van der Waals surface area (Å²) in [5, 5.41) is 5.80. The fourth-order valence-corrected chi connectivity index (χ4v) is 2.59. The van der Waals surface area contributed by atoms with Crippen molar-refractivity contribution in [2.45, 2.75) is 13.5 Å². The summed E-state index contributed by atoms with van der Waals surface area (Å²) in [4.78, 5) is 16.1. The second-order valence-electron chi connectivity index (χ2n) is 4.91. The topological polar surface area (TPSA) is 69.7 Å². The predicted octanol–water partition coefficient (Wildman–Crippen LogP) is 3.13. The van der Waals surface area contributed by atoms with Gasteiger partial charge in [-0.05, 0) is 19.1 Å². The first-order valence-electron chi connectivity index (χ1n) is 7.10. The van der Waals surface area contributed by atoms with Gasteiger partial charge in [-0.2, -0.15) is 0 Å². The van der Waals surface area contributed by atoms with E-state index >= 15 is 0 Å². The van der Waals surface area contributed by atoms with Gasteiger partial charge in [0, 0.05) is 11.1 Å². The molecule has 0 amide bonds. The van der Waals surface area contributed by atoms with E-state index in [2.05, 4.69) is 10.3 Å². The second-order valence-corrected chi connectivity index (χ2v) is 5.77. The highest BCUT2D eigenvalue weighted by molar-refractivity contribution is 7.13. The highest BCUT2D eigenvalue weighted by atomic mass is 32.1. The van der Waals surface area contributed by atoms with Gasteiger partial charge in [0.25, 0.3) is 0 Å². The number of ether oxygens (including phenoxy) is 3. The summed E-state index contributed by atoms with van der Waals surface area (Å²) in [6, 6.07) is 8.03. The number of carbonyl (C=O) groups is 1. The monoisotopic (exact) mass is 332 g/mol. The number of benzene rings is 1. The van der Waals surface area contributed by atoms with E-state index in [9.17, 15) is 4.79 Å². The first kappa shape index (κ1) is 15.4. The Bertz CT molecular complexity index is 709. The quantitative estimate of drug-likeness (QED) is 0.848. The van der Waals surface area contributed by atoms with Crippen LogP contribution in [0.1, 0.15) is 11.3 Å². The van der Waals surface area contributed by atoms with Crippen molar-refractivity contribution in [1.82, 2.24) is 4.98 Å². The Morgan fingerprint density at radius 1 is 1.35 bits per heavy atom. The number of carbonyl (C=O) groups excluding carboxylic acids is 1. The number of hydrogen-bond donors (Lipinski definition) is 1. The van der Waals surface area contributed by atoms with Crippen molar-refractivity contribution in [3.05, 3.63) is 52.9 Å². The fraction of sp³-hybridized carbons (Fsp3) is 0.250. The zero-order chi connectivity index (χ0) is 16.1. The van der Waals surface area contributed by atoms with Crippen LogP contribution in [-0.4, -0.2) is 24.2 Å². The molecular weight excluding hydrogens is 316 g/mol. The molecule has 7 heteroatoms. The summed E-state index contributed by atoms with van der Waals surface area (Å²) < 4.78 is 15.3. The molecule has 0 unspecified atom stereocenters. The van der Waals surface area contributed by atoms with Crippen LogP contribution in [0.5, 0.6) is 0 Å². The van der Waals surface area contributed by atoms with Gasteiger partial charge in [0.2, 0.25) is 5.76 Å². The molecule has 2 heterocycles. The third-order valence-corrected chi connectivity index (χ3v) is 3.86. The van der Waals surface area contributed by atoms with Gasteiger partial charge in [-0.1, -0.05) is 17.7 Å². The van der Waals surface area contributed by atoms with E-state index in [4.69, 9.17) is 14.2 Å². The highest BCUT2D eigenvalue weighted by Crippen LogP contribution is 2.21. The van der Waals surface area contributed by atoms with Crippen molar-refractivity contribution in [2.75, 3.05) is 18.5 Å². The Kier molecular flexibility index (Phi) is 4.77. The number of nitrogens with one attached hydrogen (secondary N) is 1. The average Bonchev–Trinajstić information content (AvgIpc) is 3.03. The van der Waals surface area contributed by atoms with Gasteiger partial charge in [-0.3, -0.25) is 0 Å². The predicted molar refractivity (Wildman–Crippen MR) is 86.4 cm³/mol. The van der Waals surface area contributed by atoms with Gasteiger partial charge in [-0.25, -0.2) is 9.78 Å². The number of esters is 1. The van der Waals surface area contributed by atoms with Crippen LogP contribution in [-0.2, 0) is 25.6 Å². The molecule has 3 rings (SSSR count). The Morgan fingerprint density at radius 2 is 2.17 bits per heavy atom. The number of nitrogens with zero attached hydrogens (tertiary/aromatic N) is 1. The molecule has 2 aromatic rings. The van der Waals surface area contributed by atoms with E-state index in [1.54, 1.807) is 0 Å². The largest absolute Gasteiger partial charge is 0.493 e. The first-order valence-corrected chi connectivity index (χ1v) is 7.98. The Hall–Kier alpha value is -2.54. The molecule has 6 nitrogen and oxygen atoms in total. The number of aromatic nitrogens is 1. The molecule has 1 aromatic carbocycles. The van der Waals surface area contributed by atoms with E-state index < -0.39 is 5.97 Å². The molecule has 1 aliphatic heterocycles. The molecule has 1 N–H and O–H groups in total. The number of hydrogen-bond acceptors (Lipinski definition) is 7. The molecule has 1 aromatic heterocycles. The summed E-state index contributed by atoms with van der Waals surface area (Å²) in [5.41, 5.74) is 2.84. The van der Waals surface area contributed by atoms with Crippen molar-refractivity contribution >= 4 is 28.1 Å². The Morgan fingerprint density at radius 3 is 2.91 bits per heavy atom. The van der Waals surface area contributed by atoms with Crippen LogP contribution in [0.4, 0.5) is 10.8 Å². The van der Waals surface area contributed by atoms with Crippen molar-refractivity contribution in [2.24, 2.45) is 0 Å². The van der Waals surface area contributed by atoms with E-state index in [0.717, 1.165) is 10.8 Å². The molecular formula is C16H16N2O4S. The lowest BCUT2D eigenvalue weighted by molar-refractivity contribution is -0.146. The molecule has 23 heavy (non-hydrogen) atoms. The fourth-order valence-electron chi connectivity index (χ4n) is 1.88. The second kappa shape index (κ2) is 7.15. The van der Waals surface area contributed by atoms with Crippen LogP contribution in [0.25, 0.3) is 0 Å². The van der Waals surface area contributed by atoms with Crippen LogP contribution in [0.15, 0.2) is 41.7 Å². The number of anilines is 2. The Balaban J connectivity index is 1.53. The molecule has 0 atom stereocenters. The number of thiazole rings is 1. The van der Waals surface area contributed by atoms with Crippen LogP contribution in [0.2, 0.25) is 0 Å². The summed E-state index contributed by atoms with van der Waals surface area (Å²) in [5.74, 6) is -0.463. The van der Waals surface area contributed by atoms with Crippen molar-refractivity contribution < 1.29 is 19.0 Å². The van der Waals surface area contributed by atoms with Crippen molar-refractivity contribution in [3.8, 4) is 0 Å². The van der Waals surface area contributed by atoms with E-state index in [1.165, 1.54) is 23.2 Å². The van der Waals surface area contributed by atoms with Crippen LogP contribution < -0.4 is 5.32 Å². The zero-order valence-corrected chi connectivity index (χ0v) is 13.4. The molecule has 0 spiro atoms. The third-order valence-electron chi connectivity index (χ3n) is 3.06. The molecule has 1 aliphatic rings. The molecule has 0 bridgehead atoms. The van der Waals surface area contributed by atoms with Crippen LogP contribution in [0, 0.1) is 6.92 Å². The van der Waals surface area contributed by atoms with E-state index in [0.29, 0.717) is 18.9 Å². The lowest BCUT2D eigenvalue weighted by Gasteiger charge is -2.13. The van der Waals surface area contributed by atoms with Gasteiger partial charge in [0.05, 0.1) is 5.69 Å². The lowest BCUT2D eigenvalue weighted by atomic mass is 10.2. The maximum atomic E-state index is 11.8. The highest BCUT2D eigenvalue weighted by Gasteiger charge is 2.17. The molecule has 0 fully saturated rings. The van der Waals surface area contributed by atoms with Crippen molar-refractivity contribution in [1.29, 1.82) is 0 Å². The standard InChI is InChI=1S/C16H16N2O4S/c1-11-2-4-12(5-3-11)17-16-18-13(10-23-16)8-22-15(19)14-9-20-6-7-21-14/h2-5,9-10H,6-8H2,1H3,(H,17,18). The average molecular weight is 332 g/mol. The minimum atomic E-state index is -0.550. The molecule has 0 radical (unpaired) electrons. The van der Waals surface area contributed by atoms with Gasteiger partial charge in [-0.15, -0.1) is 11.3 Å². The minimum Gasteiger partial charge on any atom is -0.493 e. The molecule has 120 valence electrons. The normalized spacial score (nSPS) is 13.5. The van der Waals surface area contributed by atoms with Crippen LogP contribution in [0.3, 0.4) is 0 Å². The summed E-state index contributed by atoms with van der Waals surface area (Å²) >= 11 is 1.45. The van der Waals surface area contributed by atoms with E-state index in [-0.39, 0.29) is 12.4 Å². The SMILES string of the molecule is Cc1ccc(Nc2nc(COC(=O)C3=COCCO3)cs2)cc1. The smallest absolute Gasteiger partial charge is 0.377 e.